The fraction of sp³-hybridized carbons (Fsp3) is 0.733. The fourth-order valence-electron chi connectivity index (χ4n) is 3.35. The summed E-state index contributed by atoms with van der Waals surface area (Å²) in [6.45, 7) is 3.45. The van der Waals surface area contributed by atoms with E-state index >= 15 is 0 Å². The Bertz CT molecular complexity index is 571. The van der Waals surface area contributed by atoms with E-state index in [1.807, 2.05) is 0 Å². The molecule has 122 valence electrons. The normalized spacial score (nSPS) is 19.5. The molecule has 1 aromatic rings. The standard InChI is InChI=1S/C15H20F3N3O/c1-10-5-7-20(8-6-10)13(22)9-21-12-4-2-3-11(12)14(19-21)15(16,17)18/h10H,2-9H2,1H3. The Morgan fingerprint density at radius 3 is 2.59 bits per heavy atom. The summed E-state index contributed by atoms with van der Waals surface area (Å²) in [5.41, 5.74) is 0.0682. The Balaban J connectivity index is 1.77. The Kier molecular flexibility index (Phi) is 3.91. The zero-order chi connectivity index (χ0) is 15.9. The number of hydrogen-bond donors (Lipinski definition) is 0. The van der Waals surface area contributed by atoms with E-state index in [2.05, 4.69) is 12.0 Å². The van der Waals surface area contributed by atoms with Gasteiger partial charge in [-0.05, 0) is 38.0 Å². The molecule has 1 aliphatic carbocycles. The van der Waals surface area contributed by atoms with Crippen LogP contribution in [-0.2, 0) is 30.4 Å². The summed E-state index contributed by atoms with van der Waals surface area (Å²) in [4.78, 5) is 14.1. The molecule has 0 bridgehead atoms. The summed E-state index contributed by atoms with van der Waals surface area (Å²) in [6, 6.07) is 0. The summed E-state index contributed by atoms with van der Waals surface area (Å²) < 4.78 is 40.3. The first-order chi connectivity index (χ1) is 10.4. The Morgan fingerprint density at radius 1 is 1.27 bits per heavy atom. The maximum absolute atomic E-state index is 13.0. The fourth-order valence-corrected chi connectivity index (χ4v) is 3.35. The van der Waals surface area contributed by atoms with Gasteiger partial charge in [0.1, 0.15) is 6.54 Å². The van der Waals surface area contributed by atoms with Crippen molar-refractivity contribution in [2.45, 2.75) is 51.7 Å². The van der Waals surface area contributed by atoms with Gasteiger partial charge in [-0.25, -0.2) is 0 Å². The van der Waals surface area contributed by atoms with E-state index < -0.39 is 11.9 Å². The van der Waals surface area contributed by atoms with Crippen LogP contribution in [0.3, 0.4) is 0 Å². The SMILES string of the molecule is CC1CCN(C(=O)Cn2nc(C(F)(F)F)c3c2CCC3)CC1. The zero-order valence-electron chi connectivity index (χ0n) is 12.6. The molecular weight excluding hydrogens is 295 g/mol. The van der Waals surface area contributed by atoms with E-state index in [9.17, 15) is 18.0 Å². The van der Waals surface area contributed by atoms with Crippen LogP contribution in [0.25, 0.3) is 0 Å². The van der Waals surface area contributed by atoms with Gasteiger partial charge in [-0.3, -0.25) is 9.48 Å². The molecule has 7 heteroatoms. The van der Waals surface area contributed by atoms with Gasteiger partial charge in [-0.1, -0.05) is 6.92 Å². The van der Waals surface area contributed by atoms with Crippen molar-refractivity contribution in [3.05, 3.63) is 17.0 Å². The van der Waals surface area contributed by atoms with E-state index in [0.717, 1.165) is 12.8 Å². The summed E-state index contributed by atoms with van der Waals surface area (Å²) >= 11 is 0. The van der Waals surface area contributed by atoms with Crippen LogP contribution < -0.4 is 0 Å². The number of carbonyl (C=O) groups excluding carboxylic acids is 1. The number of nitrogens with zero attached hydrogens (tertiary/aromatic N) is 3. The number of rotatable bonds is 2. The van der Waals surface area contributed by atoms with Crippen molar-refractivity contribution in [1.29, 1.82) is 0 Å². The predicted molar refractivity (Wildman–Crippen MR) is 74.2 cm³/mol. The van der Waals surface area contributed by atoms with Gasteiger partial charge >= 0.3 is 6.18 Å². The number of piperidine rings is 1. The van der Waals surface area contributed by atoms with Gasteiger partial charge in [0.05, 0.1) is 0 Å². The van der Waals surface area contributed by atoms with Crippen LogP contribution in [0, 0.1) is 5.92 Å². The number of halogens is 3. The van der Waals surface area contributed by atoms with E-state index in [1.165, 1.54) is 4.68 Å². The van der Waals surface area contributed by atoms with Crippen molar-refractivity contribution >= 4 is 5.91 Å². The van der Waals surface area contributed by atoms with Crippen LogP contribution in [-0.4, -0.2) is 33.7 Å². The first-order valence-electron chi connectivity index (χ1n) is 7.80. The highest BCUT2D eigenvalue weighted by Crippen LogP contribution is 2.36. The molecule has 0 spiro atoms. The highest BCUT2D eigenvalue weighted by atomic mass is 19.4. The van der Waals surface area contributed by atoms with Crippen LogP contribution in [0.1, 0.15) is 43.1 Å². The van der Waals surface area contributed by atoms with Crippen molar-refractivity contribution in [3.63, 3.8) is 0 Å². The summed E-state index contributed by atoms with van der Waals surface area (Å²) in [7, 11) is 0. The van der Waals surface area contributed by atoms with Gasteiger partial charge in [0.2, 0.25) is 5.91 Å². The second-order valence-electron chi connectivity index (χ2n) is 6.35. The molecular formula is C15H20F3N3O. The number of amides is 1. The number of hydrogen-bond acceptors (Lipinski definition) is 2. The smallest absolute Gasteiger partial charge is 0.341 e. The molecule has 0 radical (unpaired) electrons. The average Bonchev–Trinajstić information content (AvgIpc) is 3.02. The molecule has 2 aliphatic rings. The monoisotopic (exact) mass is 315 g/mol. The number of carbonyl (C=O) groups is 1. The minimum absolute atomic E-state index is 0.0766. The Labute approximate surface area is 127 Å². The largest absolute Gasteiger partial charge is 0.435 e. The Morgan fingerprint density at radius 2 is 1.95 bits per heavy atom. The van der Waals surface area contributed by atoms with Gasteiger partial charge in [0.15, 0.2) is 5.69 Å². The molecule has 0 aromatic carbocycles. The van der Waals surface area contributed by atoms with E-state index in [1.54, 1.807) is 4.90 Å². The lowest BCUT2D eigenvalue weighted by Gasteiger charge is -2.30. The summed E-state index contributed by atoms with van der Waals surface area (Å²) in [5.74, 6) is 0.479. The minimum Gasteiger partial charge on any atom is -0.341 e. The van der Waals surface area contributed by atoms with Crippen molar-refractivity contribution < 1.29 is 18.0 Å². The molecule has 1 amide bonds. The molecule has 3 rings (SSSR count). The maximum atomic E-state index is 13.0. The molecule has 1 aromatic heterocycles. The lowest BCUT2D eigenvalue weighted by molar-refractivity contribution is -0.142. The van der Waals surface area contributed by atoms with Gasteiger partial charge in [0, 0.05) is 24.3 Å². The number of likely N-dealkylation sites (tertiary alicyclic amines) is 1. The summed E-state index contributed by atoms with van der Waals surface area (Å²) in [5, 5.41) is 3.70. The molecule has 0 N–H and O–H groups in total. The van der Waals surface area contributed by atoms with Crippen molar-refractivity contribution in [3.8, 4) is 0 Å². The molecule has 0 atom stereocenters. The third kappa shape index (κ3) is 2.85. The molecule has 4 nitrogen and oxygen atoms in total. The molecule has 1 aliphatic heterocycles. The van der Waals surface area contributed by atoms with Crippen LogP contribution in [0.5, 0.6) is 0 Å². The van der Waals surface area contributed by atoms with Gasteiger partial charge < -0.3 is 4.90 Å². The molecule has 2 heterocycles. The highest BCUT2D eigenvalue weighted by Gasteiger charge is 2.40. The van der Waals surface area contributed by atoms with Crippen molar-refractivity contribution in [1.82, 2.24) is 14.7 Å². The first kappa shape index (κ1) is 15.4. The van der Waals surface area contributed by atoms with Crippen LogP contribution in [0.4, 0.5) is 13.2 Å². The van der Waals surface area contributed by atoms with E-state index in [-0.39, 0.29) is 18.0 Å². The molecule has 0 unspecified atom stereocenters. The average molecular weight is 315 g/mol. The van der Waals surface area contributed by atoms with Gasteiger partial charge in [0.25, 0.3) is 0 Å². The van der Waals surface area contributed by atoms with Gasteiger partial charge in [-0.2, -0.15) is 18.3 Å². The molecule has 1 saturated heterocycles. The van der Waals surface area contributed by atoms with Crippen molar-refractivity contribution in [2.75, 3.05) is 13.1 Å². The van der Waals surface area contributed by atoms with E-state index in [4.69, 9.17) is 0 Å². The predicted octanol–water partition coefficient (Wildman–Crippen LogP) is 2.65. The van der Waals surface area contributed by atoms with Crippen LogP contribution in [0.15, 0.2) is 0 Å². The highest BCUT2D eigenvalue weighted by molar-refractivity contribution is 5.76. The third-order valence-electron chi connectivity index (χ3n) is 4.70. The second kappa shape index (κ2) is 5.59. The van der Waals surface area contributed by atoms with E-state index in [0.29, 0.717) is 44.0 Å². The van der Waals surface area contributed by atoms with Crippen LogP contribution >= 0.6 is 0 Å². The summed E-state index contributed by atoms with van der Waals surface area (Å²) in [6.07, 6.45) is -0.856. The number of aromatic nitrogens is 2. The molecule has 0 saturated carbocycles. The first-order valence-corrected chi connectivity index (χ1v) is 7.80. The number of alkyl halides is 3. The third-order valence-corrected chi connectivity index (χ3v) is 4.70. The minimum atomic E-state index is -4.44. The molecule has 1 fully saturated rings. The quantitative estimate of drug-likeness (QED) is 0.841. The lowest BCUT2D eigenvalue weighted by Crippen LogP contribution is -2.40. The second-order valence-corrected chi connectivity index (χ2v) is 6.35. The maximum Gasteiger partial charge on any atom is 0.435 e. The number of fused-ring (bicyclic) bond motifs is 1. The topological polar surface area (TPSA) is 38.1 Å². The lowest BCUT2D eigenvalue weighted by atomic mass is 9.99. The zero-order valence-corrected chi connectivity index (χ0v) is 12.6. The van der Waals surface area contributed by atoms with Gasteiger partial charge in [-0.15, -0.1) is 0 Å². The molecule has 22 heavy (non-hydrogen) atoms. The van der Waals surface area contributed by atoms with Crippen molar-refractivity contribution in [2.24, 2.45) is 5.92 Å². The van der Waals surface area contributed by atoms with Crippen LogP contribution in [0.2, 0.25) is 0 Å². The Hall–Kier alpha value is -1.53.